The smallest absolute Gasteiger partial charge is 0.417 e. The van der Waals surface area contributed by atoms with Gasteiger partial charge in [-0.1, -0.05) is 0 Å². The second kappa shape index (κ2) is 6.72. The fraction of sp³-hybridized carbons (Fsp3) is 0.647. The fourth-order valence-corrected chi connectivity index (χ4v) is 2.74. The first-order chi connectivity index (χ1) is 11.4. The number of aromatic nitrogens is 1. The van der Waals surface area contributed by atoms with Gasteiger partial charge < -0.3 is 14.5 Å². The van der Waals surface area contributed by atoms with Gasteiger partial charge in [-0.25, -0.2) is 9.78 Å². The fourth-order valence-electron chi connectivity index (χ4n) is 2.74. The Morgan fingerprint density at radius 2 is 1.80 bits per heavy atom. The zero-order chi connectivity index (χ0) is 19.0. The summed E-state index contributed by atoms with van der Waals surface area (Å²) in [7, 11) is 0. The Morgan fingerprint density at radius 1 is 1.16 bits per heavy atom. The molecule has 8 heteroatoms. The van der Waals surface area contributed by atoms with E-state index in [-0.39, 0.29) is 18.2 Å². The van der Waals surface area contributed by atoms with Crippen LogP contribution in [0.3, 0.4) is 0 Å². The molecule has 1 amide bonds. The summed E-state index contributed by atoms with van der Waals surface area (Å²) in [5, 5.41) is 0. The minimum atomic E-state index is -4.40. The van der Waals surface area contributed by atoms with Gasteiger partial charge in [-0.15, -0.1) is 0 Å². The van der Waals surface area contributed by atoms with Gasteiger partial charge in [0, 0.05) is 31.4 Å². The molecule has 2 heterocycles. The lowest BCUT2D eigenvalue weighted by Crippen LogP contribution is -2.59. The van der Waals surface area contributed by atoms with E-state index in [4.69, 9.17) is 4.74 Å². The van der Waals surface area contributed by atoms with Crippen LogP contribution in [0.4, 0.5) is 23.8 Å². The standard InChI is InChI=1S/C17H24F3N3O2/c1-11-10-23(15(24)25-16(3,4)5)12(2)9-22(11)14-7-6-13(8-21-14)17(18,19)20/h6-8,11-12H,9-10H2,1-5H3. The maximum Gasteiger partial charge on any atom is 0.417 e. The molecule has 2 rings (SSSR count). The summed E-state index contributed by atoms with van der Waals surface area (Å²) in [4.78, 5) is 19.8. The third-order valence-electron chi connectivity index (χ3n) is 3.98. The highest BCUT2D eigenvalue weighted by Gasteiger charge is 2.36. The minimum Gasteiger partial charge on any atom is -0.444 e. The largest absolute Gasteiger partial charge is 0.444 e. The molecular formula is C17H24F3N3O2. The number of amides is 1. The molecule has 1 aromatic heterocycles. The van der Waals surface area contributed by atoms with Crippen molar-refractivity contribution in [3.05, 3.63) is 23.9 Å². The van der Waals surface area contributed by atoms with Crippen LogP contribution in [0.15, 0.2) is 18.3 Å². The molecule has 0 aliphatic carbocycles. The lowest BCUT2D eigenvalue weighted by molar-refractivity contribution is -0.137. The summed E-state index contributed by atoms with van der Waals surface area (Å²) in [5.74, 6) is 0.469. The highest BCUT2D eigenvalue weighted by Crippen LogP contribution is 2.30. The van der Waals surface area contributed by atoms with Gasteiger partial charge in [0.05, 0.1) is 5.56 Å². The van der Waals surface area contributed by atoms with E-state index in [0.717, 1.165) is 12.3 Å². The van der Waals surface area contributed by atoms with Crippen molar-refractivity contribution in [1.29, 1.82) is 0 Å². The summed E-state index contributed by atoms with van der Waals surface area (Å²) in [6.07, 6.45) is -3.95. The van der Waals surface area contributed by atoms with Gasteiger partial charge >= 0.3 is 12.3 Å². The average molecular weight is 359 g/mol. The predicted molar refractivity (Wildman–Crippen MR) is 88.4 cm³/mol. The summed E-state index contributed by atoms with van der Waals surface area (Å²) >= 11 is 0. The van der Waals surface area contributed by atoms with E-state index in [9.17, 15) is 18.0 Å². The van der Waals surface area contributed by atoms with Crippen LogP contribution in [-0.2, 0) is 10.9 Å². The number of piperazine rings is 1. The molecule has 1 aliphatic heterocycles. The average Bonchev–Trinajstić information content (AvgIpc) is 2.46. The second-order valence-corrected chi connectivity index (χ2v) is 7.39. The van der Waals surface area contributed by atoms with E-state index < -0.39 is 17.3 Å². The summed E-state index contributed by atoms with van der Waals surface area (Å²) in [6.45, 7) is 10.1. The number of alkyl halides is 3. The van der Waals surface area contributed by atoms with Crippen molar-refractivity contribution in [2.75, 3.05) is 18.0 Å². The van der Waals surface area contributed by atoms with E-state index in [1.165, 1.54) is 6.07 Å². The molecule has 1 saturated heterocycles. The van der Waals surface area contributed by atoms with Gasteiger partial charge in [0.25, 0.3) is 0 Å². The molecular weight excluding hydrogens is 335 g/mol. The van der Waals surface area contributed by atoms with Crippen molar-refractivity contribution in [2.24, 2.45) is 0 Å². The molecule has 0 saturated carbocycles. The van der Waals surface area contributed by atoms with Crippen molar-refractivity contribution < 1.29 is 22.7 Å². The molecule has 0 radical (unpaired) electrons. The normalized spacial score (nSPS) is 22.1. The molecule has 2 unspecified atom stereocenters. The number of ether oxygens (including phenoxy) is 1. The van der Waals surface area contributed by atoms with Crippen LogP contribution in [0.2, 0.25) is 0 Å². The molecule has 1 aliphatic rings. The molecule has 1 fully saturated rings. The van der Waals surface area contributed by atoms with E-state index >= 15 is 0 Å². The summed E-state index contributed by atoms with van der Waals surface area (Å²) in [6, 6.07) is 2.16. The quantitative estimate of drug-likeness (QED) is 0.762. The first kappa shape index (κ1) is 19.3. The number of carbonyl (C=O) groups is 1. The number of hydrogen-bond donors (Lipinski definition) is 0. The number of hydrogen-bond acceptors (Lipinski definition) is 4. The van der Waals surface area contributed by atoms with E-state index in [0.29, 0.717) is 18.9 Å². The summed E-state index contributed by atoms with van der Waals surface area (Å²) in [5.41, 5.74) is -1.35. The molecule has 25 heavy (non-hydrogen) atoms. The van der Waals surface area contributed by atoms with Crippen molar-refractivity contribution in [1.82, 2.24) is 9.88 Å². The van der Waals surface area contributed by atoms with Crippen LogP contribution in [-0.4, -0.2) is 46.8 Å². The Balaban J connectivity index is 2.10. The minimum absolute atomic E-state index is 0.0899. The van der Waals surface area contributed by atoms with Crippen LogP contribution < -0.4 is 4.90 Å². The highest BCUT2D eigenvalue weighted by atomic mass is 19.4. The SMILES string of the molecule is CC1CN(c2ccc(C(F)(F)F)cn2)C(C)CN1C(=O)OC(C)(C)C. The third-order valence-corrected chi connectivity index (χ3v) is 3.98. The van der Waals surface area contributed by atoms with Crippen molar-refractivity contribution in [3.8, 4) is 0 Å². The zero-order valence-electron chi connectivity index (χ0n) is 15.1. The molecule has 2 atom stereocenters. The topological polar surface area (TPSA) is 45.7 Å². The Labute approximate surface area is 145 Å². The number of halogens is 3. The Kier molecular flexibility index (Phi) is 5.20. The molecule has 1 aromatic rings. The lowest BCUT2D eigenvalue weighted by Gasteiger charge is -2.44. The lowest BCUT2D eigenvalue weighted by atomic mass is 10.1. The molecule has 140 valence electrons. The number of nitrogens with zero attached hydrogens (tertiary/aromatic N) is 3. The van der Waals surface area contributed by atoms with Gasteiger partial charge in [-0.2, -0.15) is 13.2 Å². The van der Waals surface area contributed by atoms with Gasteiger partial charge in [0.1, 0.15) is 11.4 Å². The van der Waals surface area contributed by atoms with Crippen molar-refractivity contribution >= 4 is 11.9 Å². The molecule has 0 aromatic carbocycles. The van der Waals surface area contributed by atoms with E-state index in [1.807, 2.05) is 18.7 Å². The first-order valence-electron chi connectivity index (χ1n) is 8.18. The van der Waals surface area contributed by atoms with Crippen LogP contribution in [0.1, 0.15) is 40.2 Å². The number of anilines is 1. The van der Waals surface area contributed by atoms with Crippen LogP contribution >= 0.6 is 0 Å². The van der Waals surface area contributed by atoms with Gasteiger partial charge in [-0.3, -0.25) is 0 Å². The molecule has 0 spiro atoms. The van der Waals surface area contributed by atoms with Gasteiger partial charge in [0.15, 0.2) is 0 Å². The maximum atomic E-state index is 12.7. The van der Waals surface area contributed by atoms with Crippen LogP contribution in [0.5, 0.6) is 0 Å². The number of carbonyl (C=O) groups excluding carboxylic acids is 1. The van der Waals surface area contributed by atoms with E-state index in [2.05, 4.69) is 4.98 Å². The predicted octanol–water partition coefficient (Wildman–Crippen LogP) is 3.93. The van der Waals surface area contributed by atoms with Crippen molar-refractivity contribution in [2.45, 2.75) is 58.5 Å². The zero-order valence-corrected chi connectivity index (χ0v) is 15.1. The monoisotopic (exact) mass is 359 g/mol. The first-order valence-corrected chi connectivity index (χ1v) is 8.18. The van der Waals surface area contributed by atoms with Crippen LogP contribution in [0, 0.1) is 0 Å². The highest BCUT2D eigenvalue weighted by molar-refractivity contribution is 5.69. The van der Waals surface area contributed by atoms with Gasteiger partial charge in [0.2, 0.25) is 0 Å². The van der Waals surface area contributed by atoms with Crippen LogP contribution in [0.25, 0.3) is 0 Å². The second-order valence-electron chi connectivity index (χ2n) is 7.39. The Bertz CT molecular complexity index is 611. The molecule has 0 N–H and O–H groups in total. The Morgan fingerprint density at radius 3 is 2.28 bits per heavy atom. The molecule has 0 bridgehead atoms. The van der Waals surface area contributed by atoms with Gasteiger partial charge in [-0.05, 0) is 46.8 Å². The number of rotatable bonds is 1. The molecule has 5 nitrogen and oxygen atoms in total. The Hall–Kier alpha value is -1.99. The number of pyridine rings is 1. The summed E-state index contributed by atoms with van der Waals surface area (Å²) < 4.78 is 43.4. The maximum absolute atomic E-state index is 12.7. The van der Waals surface area contributed by atoms with E-state index in [1.54, 1.807) is 25.7 Å². The third kappa shape index (κ3) is 4.76. The van der Waals surface area contributed by atoms with Crippen molar-refractivity contribution in [3.63, 3.8) is 0 Å².